The topological polar surface area (TPSA) is 122 Å². The monoisotopic (exact) mass is 526 g/mol. The number of carbonyl (C=O) groups is 1. The molecule has 4 fully saturated rings. The first-order chi connectivity index (χ1) is 18.1. The summed E-state index contributed by atoms with van der Waals surface area (Å²) in [6.07, 6.45) is 7.54. The normalized spacial score (nSPS) is 43.2. The quantitative estimate of drug-likeness (QED) is 0.281. The van der Waals surface area contributed by atoms with Crippen LogP contribution in [0, 0.1) is 46.3 Å². The lowest BCUT2D eigenvalue weighted by Gasteiger charge is -2.63. The molecule has 5 N–H and O–H groups in total. The van der Waals surface area contributed by atoms with Gasteiger partial charge in [0.15, 0.2) is 0 Å². The number of hydrazone groups is 1. The van der Waals surface area contributed by atoms with Crippen LogP contribution in [0.2, 0.25) is 0 Å². The molecule has 0 spiro atoms. The third-order valence-electron chi connectivity index (χ3n) is 11.7. The van der Waals surface area contributed by atoms with E-state index in [-0.39, 0.29) is 52.4 Å². The number of rotatable bonds is 6. The molecule has 0 saturated heterocycles. The van der Waals surface area contributed by atoms with E-state index in [1.54, 1.807) is 24.3 Å². The highest BCUT2D eigenvalue weighted by molar-refractivity contribution is 5.84. The van der Waals surface area contributed by atoms with E-state index in [9.17, 15) is 25.2 Å². The molecular weight excluding hydrogens is 480 g/mol. The largest absolute Gasteiger partial charge is 0.507 e. The summed E-state index contributed by atoms with van der Waals surface area (Å²) in [7, 11) is 0. The number of benzene rings is 1. The van der Waals surface area contributed by atoms with Crippen LogP contribution < -0.4 is 5.43 Å². The molecule has 0 radical (unpaired) electrons. The molecule has 0 aromatic heterocycles. The molecule has 0 aliphatic heterocycles. The Bertz CT molecular complexity index is 1050. The van der Waals surface area contributed by atoms with Crippen LogP contribution in [0.4, 0.5) is 0 Å². The van der Waals surface area contributed by atoms with Gasteiger partial charge in [0.25, 0.3) is 0 Å². The average Bonchev–Trinajstić information content (AvgIpc) is 3.24. The highest BCUT2D eigenvalue weighted by Crippen LogP contribution is 2.68. The Balaban J connectivity index is 1.23. The average molecular weight is 527 g/mol. The SMILES string of the molecule is C[C@H](CCC(=O)N/N=C/c1ccccc1O)[C@H]1CC[C@H]2[C@@H]3[C@H](O)C[C@@H]4C[C@H](O)CC[C@]4(C)[C@H]3C[C@H](O)[C@]12C. The minimum atomic E-state index is -0.421. The molecule has 0 unspecified atom stereocenters. The lowest BCUT2D eigenvalue weighted by molar-refractivity contribution is -0.207. The molecule has 7 nitrogen and oxygen atoms in total. The molecule has 11 atom stereocenters. The van der Waals surface area contributed by atoms with Gasteiger partial charge >= 0.3 is 0 Å². The van der Waals surface area contributed by atoms with Crippen molar-refractivity contribution in [2.45, 2.75) is 96.9 Å². The van der Waals surface area contributed by atoms with E-state index < -0.39 is 6.10 Å². The molecule has 4 saturated carbocycles. The fourth-order valence-corrected chi connectivity index (χ4v) is 9.52. The number of phenols is 1. The van der Waals surface area contributed by atoms with Crippen molar-refractivity contribution >= 4 is 12.1 Å². The molecule has 0 bridgehead atoms. The van der Waals surface area contributed by atoms with E-state index in [0.717, 1.165) is 44.9 Å². The first-order valence-corrected chi connectivity index (χ1v) is 14.7. The Morgan fingerprint density at radius 3 is 2.63 bits per heavy atom. The van der Waals surface area contributed by atoms with Crippen LogP contribution in [0.15, 0.2) is 29.4 Å². The minimum Gasteiger partial charge on any atom is -0.507 e. The van der Waals surface area contributed by atoms with Gasteiger partial charge in [0.05, 0.1) is 24.5 Å². The van der Waals surface area contributed by atoms with E-state index in [0.29, 0.717) is 36.2 Å². The van der Waals surface area contributed by atoms with Crippen molar-refractivity contribution in [3.8, 4) is 5.75 Å². The first kappa shape index (κ1) is 27.6. The fourth-order valence-electron chi connectivity index (χ4n) is 9.52. The lowest BCUT2D eigenvalue weighted by Crippen LogP contribution is -2.62. The molecule has 5 rings (SSSR count). The molecule has 210 valence electrons. The molecule has 0 heterocycles. The van der Waals surface area contributed by atoms with E-state index in [1.807, 2.05) is 0 Å². The van der Waals surface area contributed by atoms with Crippen molar-refractivity contribution in [3.05, 3.63) is 29.8 Å². The van der Waals surface area contributed by atoms with Crippen LogP contribution in [0.3, 0.4) is 0 Å². The molecular formula is C31H46N2O5. The second-order valence-corrected chi connectivity index (χ2v) is 13.4. The van der Waals surface area contributed by atoms with Crippen LogP contribution in [0.5, 0.6) is 5.75 Å². The molecule has 1 aromatic rings. The van der Waals surface area contributed by atoms with Crippen LogP contribution in [0.1, 0.15) is 84.1 Å². The number of nitrogens with zero attached hydrogens (tertiary/aromatic N) is 1. The Hall–Kier alpha value is -1.96. The molecule has 38 heavy (non-hydrogen) atoms. The van der Waals surface area contributed by atoms with Gasteiger partial charge in [0, 0.05) is 12.0 Å². The second-order valence-electron chi connectivity index (χ2n) is 13.4. The smallest absolute Gasteiger partial charge is 0.240 e. The number of phenolic OH excluding ortho intramolecular Hbond substituents is 1. The zero-order valence-electron chi connectivity index (χ0n) is 23.1. The Morgan fingerprint density at radius 2 is 1.87 bits per heavy atom. The van der Waals surface area contributed by atoms with Crippen molar-refractivity contribution < 1.29 is 25.2 Å². The molecule has 4 aliphatic carbocycles. The van der Waals surface area contributed by atoms with Crippen LogP contribution in [-0.2, 0) is 4.79 Å². The predicted molar refractivity (Wildman–Crippen MR) is 146 cm³/mol. The summed E-state index contributed by atoms with van der Waals surface area (Å²) in [5, 5.41) is 47.3. The van der Waals surface area contributed by atoms with E-state index in [4.69, 9.17) is 0 Å². The Morgan fingerprint density at radius 1 is 1.11 bits per heavy atom. The van der Waals surface area contributed by atoms with E-state index in [1.165, 1.54) is 6.21 Å². The van der Waals surface area contributed by atoms with Gasteiger partial charge in [-0.1, -0.05) is 32.9 Å². The van der Waals surface area contributed by atoms with Gasteiger partial charge in [-0.15, -0.1) is 0 Å². The van der Waals surface area contributed by atoms with Crippen molar-refractivity contribution in [1.29, 1.82) is 0 Å². The standard InChI is InChI=1S/C31H46N2O5/c1-18(8-11-28(38)33-32-17-19-6-4-5-7-25(19)35)22-9-10-23-29-24(16-27(37)31(22,23)3)30(2)13-12-21(34)14-20(30)15-26(29)36/h4-7,17-18,20-24,26-27,29,34-37H,8-16H2,1-3H3,(H,33,38)/b32-17+/t18-,20+,21-,22-,23+,24+,26-,27+,29+,30+,31-/m1/s1. The highest BCUT2D eigenvalue weighted by Gasteiger charge is 2.65. The molecule has 1 aromatic carbocycles. The van der Waals surface area contributed by atoms with Gasteiger partial charge in [0.1, 0.15) is 5.75 Å². The zero-order valence-corrected chi connectivity index (χ0v) is 23.1. The number of para-hydroxylation sites is 1. The summed E-state index contributed by atoms with van der Waals surface area (Å²) in [5.74, 6) is 1.61. The first-order valence-electron chi connectivity index (χ1n) is 14.7. The number of fused-ring (bicyclic) bond motifs is 5. The summed E-state index contributed by atoms with van der Waals surface area (Å²) in [4.78, 5) is 12.5. The van der Waals surface area contributed by atoms with Gasteiger partial charge in [-0.2, -0.15) is 5.10 Å². The lowest BCUT2D eigenvalue weighted by atomic mass is 9.43. The summed E-state index contributed by atoms with van der Waals surface area (Å²) in [5.41, 5.74) is 2.93. The Labute approximate surface area is 226 Å². The maximum absolute atomic E-state index is 12.5. The highest BCUT2D eigenvalue weighted by atomic mass is 16.3. The fraction of sp³-hybridized carbons (Fsp3) is 0.742. The molecule has 4 aliphatic rings. The summed E-state index contributed by atoms with van der Waals surface area (Å²) in [6.45, 7) is 6.81. The van der Waals surface area contributed by atoms with E-state index >= 15 is 0 Å². The van der Waals surface area contributed by atoms with Crippen molar-refractivity contribution in [3.63, 3.8) is 0 Å². The summed E-state index contributed by atoms with van der Waals surface area (Å²) >= 11 is 0. The maximum atomic E-state index is 12.5. The number of hydrogen-bond acceptors (Lipinski definition) is 6. The number of nitrogens with one attached hydrogen (secondary N) is 1. The minimum absolute atomic E-state index is 0.0737. The van der Waals surface area contributed by atoms with Crippen molar-refractivity contribution in [2.24, 2.45) is 51.4 Å². The number of carbonyl (C=O) groups excluding carboxylic acids is 1. The number of aliphatic hydroxyl groups is 3. The molecule has 7 heteroatoms. The van der Waals surface area contributed by atoms with Crippen molar-refractivity contribution in [1.82, 2.24) is 5.43 Å². The Kier molecular flexibility index (Phi) is 7.66. The predicted octanol–water partition coefficient (Wildman–Crippen LogP) is 4.22. The van der Waals surface area contributed by atoms with E-state index in [2.05, 4.69) is 31.3 Å². The number of hydrogen-bond donors (Lipinski definition) is 5. The maximum Gasteiger partial charge on any atom is 0.240 e. The van der Waals surface area contributed by atoms with Gasteiger partial charge in [0.2, 0.25) is 5.91 Å². The van der Waals surface area contributed by atoms with Gasteiger partial charge in [-0.3, -0.25) is 4.79 Å². The van der Waals surface area contributed by atoms with Crippen LogP contribution in [-0.4, -0.2) is 50.9 Å². The van der Waals surface area contributed by atoms with Gasteiger partial charge in [-0.25, -0.2) is 5.43 Å². The third kappa shape index (κ3) is 4.69. The van der Waals surface area contributed by atoms with Crippen LogP contribution >= 0.6 is 0 Å². The van der Waals surface area contributed by atoms with Crippen LogP contribution in [0.25, 0.3) is 0 Å². The number of aromatic hydroxyl groups is 1. The number of aliphatic hydroxyl groups excluding tert-OH is 3. The molecule has 1 amide bonds. The van der Waals surface area contributed by atoms with Gasteiger partial charge in [-0.05, 0) is 110 Å². The summed E-state index contributed by atoms with van der Waals surface area (Å²) in [6, 6.07) is 6.84. The third-order valence-corrected chi connectivity index (χ3v) is 11.7. The van der Waals surface area contributed by atoms with Gasteiger partial charge < -0.3 is 20.4 Å². The summed E-state index contributed by atoms with van der Waals surface area (Å²) < 4.78 is 0. The van der Waals surface area contributed by atoms with Crippen molar-refractivity contribution in [2.75, 3.05) is 0 Å². The number of amides is 1. The zero-order chi connectivity index (χ0) is 27.2. The second kappa shape index (κ2) is 10.5.